The molecular weight excluding hydrogens is 571 g/mol. The predicted octanol–water partition coefficient (Wildman–Crippen LogP) is 11.5. The van der Waals surface area contributed by atoms with Crippen molar-refractivity contribution in [3.05, 3.63) is 164 Å². The molecule has 2 heterocycles. The van der Waals surface area contributed by atoms with Gasteiger partial charge in [-0.15, -0.1) is 0 Å². The first-order valence-electron chi connectivity index (χ1n) is 16.0. The Balaban J connectivity index is 1.24. The minimum atomic E-state index is 0.722. The van der Waals surface area contributed by atoms with Crippen LogP contribution in [0.2, 0.25) is 0 Å². The molecule has 0 amide bonds. The predicted molar refractivity (Wildman–Crippen MR) is 197 cm³/mol. The number of fused-ring (bicyclic) bond motifs is 11. The van der Waals surface area contributed by atoms with Crippen LogP contribution in [-0.2, 0) is 0 Å². The van der Waals surface area contributed by atoms with Crippen molar-refractivity contribution < 1.29 is 0 Å². The van der Waals surface area contributed by atoms with Gasteiger partial charge in [0, 0.05) is 38.4 Å². The van der Waals surface area contributed by atoms with Gasteiger partial charge in [0.25, 0.3) is 0 Å². The highest BCUT2D eigenvalue weighted by Gasteiger charge is 2.20. The van der Waals surface area contributed by atoms with Crippen LogP contribution in [0.1, 0.15) is 0 Å². The molecule has 218 valence electrons. The molecule has 0 bridgehead atoms. The molecule has 0 radical (unpaired) electrons. The molecule has 0 aliphatic rings. The highest BCUT2D eigenvalue weighted by molar-refractivity contribution is 6.36. The molecule has 0 fully saturated rings. The Kier molecular flexibility index (Phi) is 5.57. The van der Waals surface area contributed by atoms with E-state index in [-0.39, 0.29) is 0 Å². The zero-order chi connectivity index (χ0) is 30.9. The lowest BCUT2D eigenvalue weighted by Gasteiger charge is -2.14. The Morgan fingerprint density at radius 3 is 1.83 bits per heavy atom. The molecule has 10 rings (SSSR count). The maximum absolute atomic E-state index is 5.12. The van der Waals surface area contributed by atoms with Crippen molar-refractivity contribution in [2.45, 2.75) is 0 Å². The fourth-order valence-electron chi connectivity index (χ4n) is 7.50. The topological polar surface area (TPSA) is 30.7 Å². The van der Waals surface area contributed by atoms with Crippen LogP contribution >= 0.6 is 0 Å². The Labute approximate surface area is 271 Å². The molecule has 0 spiro atoms. The van der Waals surface area contributed by atoms with E-state index in [0.717, 1.165) is 39.2 Å². The number of aromatic nitrogens is 3. The van der Waals surface area contributed by atoms with Gasteiger partial charge in [-0.2, -0.15) is 0 Å². The van der Waals surface area contributed by atoms with Gasteiger partial charge in [-0.3, -0.25) is 0 Å². The minimum absolute atomic E-state index is 0.722. The molecule has 47 heavy (non-hydrogen) atoms. The lowest BCUT2D eigenvalue weighted by Crippen LogP contribution is -1.97. The van der Waals surface area contributed by atoms with E-state index in [1.165, 1.54) is 54.1 Å². The van der Waals surface area contributed by atoms with E-state index in [2.05, 4.69) is 150 Å². The van der Waals surface area contributed by atoms with Gasteiger partial charge < -0.3 is 4.57 Å². The zero-order valence-corrected chi connectivity index (χ0v) is 25.4. The van der Waals surface area contributed by atoms with Crippen LogP contribution in [0.25, 0.3) is 93.4 Å². The van der Waals surface area contributed by atoms with E-state index < -0.39 is 0 Å². The quantitative estimate of drug-likeness (QED) is 0.190. The fraction of sp³-hybridized carbons (Fsp3) is 0. The molecule has 0 N–H and O–H groups in total. The molecule has 3 heteroatoms. The van der Waals surface area contributed by atoms with Crippen LogP contribution in [0, 0.1) is 0 Å². The van der Waals surface area contributed by atoms with Crippen molar-refractivity contribution in [3.8, 4) is 28.3 Å². The number of rotatable bonds is 3. The number of hydrogen-bond donors (Lipinski definition) is 0. The van der Waals surface area contributed by atoms with Crippen molar-refractivity contribution in [3.63, 3.8) is 0 Å². The third kappa shape index (κ3) is 3.87. The summed E-state index contributed by atoms with van der Waals surface area (Å²) in [4.78, 5) is 10.1. The van der Waals surface area contributed by atoms with Gasteiger partial charge in [-0.1, -0.05) is 127 Å². The maximum atomic E-state index is 5.12. The van der Waals surface area contributed by atoms with Gasteiger partial charge in [0.1, 0.15) is 0 Å². The second-order valence-electron chi connectivity index (χ2n) is 12.2. The maximum Gasteiger partial charge on any atom is 0.160 e. The number of benzene rings is 8. The molecule has 0 saturated heterocycles. The van der Waals surface area contributed by atoms with Gasteiger partial charge in [-0.05, 0) is 63.3 Å². The SMILES string of the molecule is c1ccc(-c2nc(-c3ccc(-n4c5ccccc5c5c6ccccc6c6c7ccccc7ccc6c54)cc3)nc3ccccc23)cc1. The second kappa shape index (κ2) is 10.1. The summed E-state index contributed by atoms with van der Waals surface area (Å²) in [5.41, 5.74) is 7.48. The summed E-state index contributed by atoms with van der Waals surface area (Å²) in [6.07, 6.45) is 0. The molecule has 0 unspecified atom stereocenters. The van der Waals surface area contributed by atoms with E-state index in [4.69, 9.17) is 9.97 Å². The molecule has 10 aromatic rings. The Bertz CT molecular complexity index is 2830. The fourth-order valence-corrected chi connectivity index (χ4v) is 7.50. The number of para-hydroxylation sites is 2. The van der Waals surface area contributed by atoms with Crippen LogP contribution in [0.15, 0.2) is 164 Å². The van der Waals surface area contributed by atoms with E-state index in [1.807, 2.05) is 18.2 Å². The Hall–Kier alpha value is -6.32. The highest BCUT2D eigenvalue weighted by atomic mass is 15.0. The van der Waals surface area contributed by atoms with Crippen molar-refractivity contribution in [2.24, 2.45) is 0 Å². The van der Waals surface area contributed by atoms with Crippen LogP contribution in [0.4, 0.5) is 0 Å². The monoisotopic (exact) mass is 597 g/mol. The Morgan fingerprint density at radius 2 is 1.02 bits per heavy atom. The van der Waals surface area contributed by atoms with Gasteiger partial charge in [0.2, 0.25) is 0 Å². The van der Waals surface area contributed by atoms with Gasteiger partial charge in [-0.25, -0.2) is 9.97 Å². The van der Waals surface area contributed by atoms with Crippen molar-refractivity contribution in [2.75, 3.05) is 0 Å². The summed E-state index contributed by atoms with van der Waals surface area (Å²) < 4.78 is 2.44. The molecule has 8 aromatic carbocycles. The van der Waals surface area contributed by atoms with Crippen LogP contribution in [0.5, 0.6) is 0 Å². The summed E-state index contributed by atoms with van der Waals surface area (Å²) in [6, 6.07) is 58.3. The average Bonchev–Trinajstić information content (AvgIpc) is 3.50. The molecular formula is C44H27N3. The van der Waals surface area contributed by atoms with Gasteiger partial charge in [0.05, 0.1) is 22.2 Å². The lowest BCUT2D eigenvalue weighted by atomic mass is 9.93. The van der Waals surface area contributed by atoms with E-state index in [0.29, 0.717) is 0 Å². The third-order valence-electron chi connectivity index (χ3n) is 9.56. The van der Waals surface area contributed by atoms with Crippen LogP contribution in [0.3, 0.4) is 0 Å². The largest absolute Gasteiger partial charge is 0.309 e. The van der Waals surface area contributed by atoms with Crippen LogP contribution in [-0.4, -0.2) is 14.5 Å². The summed E-state index contributed by atoms with van der Waals surface area (Å²) in [6.45, 7) is 0. The first-order chi connectivity index (χ1) is 23.3. The van der Waals surface area contributed by atoms with Crippen molar-refractivity contribution in [1.82, 2.24) is 14.5 Å². The number of hydrogen-bond acceptors (Lipinski definition) is 2. The molecule has 3 nitrogen and oxygen atoms in total. The Morgan fingerprint density at radius 1 is 0.383 bits per heavy atom. The summed E-state index contributed by atoms with van der Waals surface area (Å²) in [7, 11) is 0. The smallest absolute Gasteiger partial charge is 0.160 e. The standard InChI is InChI=1S/C44H27N3/c1-2-13-29(14-3-1)42-35-18-8-10-20-38(35)45-44(46-42)30-22-25-31(26-23-30)47-39-21-11-9-19-36(39)41-34-17-7-6-16-33(34)40-32-15-5-4-12-28(32)24-27-37(40)43(41)47/h1-27H. The summed E-state index contributed by atoms with van der Waals surface area (Å²) >= 11 is 0. The van der Waals surface area contributed by atoms with Gasteiger partial charge >= 0.3 is 0 Å². The van der Waals surface area contributed by atoms with E-state index >= 15 is 0 Å². The lowest BCUT2D eigenvalue weighted by molar-refractivity contribution is 1.18. The molecule has 0 aliphatic carbocycles. The third-order valence-corrected chi connectivity index (χ3v) is 9.56. The summed E-state index contributed by atoms with van der Waals surface area (Å²) in [5, 5.41) is 11.2. The molecule has 0 atom stereocenters. The van der Waals surface area contributed by atoms with Gasteiger partial charge in [0.15, 0.2) is 5.82 Å². The minimum Gasteiger partial charge on any atom is -0.309 e. The van der Waals surface area contributed by atoms with Crippen LogP contribution < -0.4 is 0 Å². The highest BCUT2D eigenvalue weighted by Crippen LogP contribution is 2.44. The first kappa shape index (κ1) is 26.0. The van der Waals surface area contributed by atoms with Crippen molar-refractivity contribution in [1.29, 1.82) is 0 Å². The zero-order valence-electron chi connectivity index (χ0n) is 25.4. The van der Waals surface area contributed by atoms with Crippen molar-refractivity contribution >= 4 is 65.0 Å². The normalized spacial score (nSPS) is 11.8. The molecule has 2 aromatic heterocycles. The van der Waals surface area contributed by atoms with E-state index in [1.54, 1.807) is 0 Å². The average molecular weight is 598 g/mol. The molecule has 0 saturated carbocycles. The summed E-state index contributed by atoms with van der Waals surface area (Å²) in [5.74, 6) is 0.722. The van der Waals surface area contributed by atoms with E-state index in [9.17, 15) is 0 Å². The second-order valence-corrected chi connectivity index (χ2v) is 12.2. The first-order valence-corrected chi connectivity index (χ1v) is 16.0. The molecule has 0 aliphatic heterocycles. The number of nitrogens with zero attached hydrogens (tertiary/aromatic N) is 3.